The molecule has 0 saturated carbocycles. The van der Waals surface area contributed by atoms with Crippen LogP contribution in [0.1, 0.15) is 29.7 Å². The lowest BCUT2D eigenvalue weighted by molar-refractivity contribution is -0.125. The monoisotopic (exact) mass is 280 g/mol. The van der Waals surface area contributed by atoms with Gasteiger partial charge in [0, 0.05) is 11.6 Å². The van der Waals surface area contributed by atoms with Gasteiger partial charge in [0.1, 0.15) is 0 Å². The van der Waals surface area contributed by atoms with E-state index >= 15 is 0 Å². The number of nitrogens with two attached hydrogens (primary N) is 1. The maximum atomic E-state index is 12.4. The van der Waals surface area contributed by atoms with E-state index in [9.17, 15) is 4.79 Å². The van der Waals surface area contributed by atoms with Gasteiger partial charge in [-0.15, -0.1) is 0 Å². The van der Waals surface area contributed by atoms with E-state index in [1.165, 1.54) is 11.1 Å². The molecule has 108 valence electrons. The molecule has 3 N–H and O–H groups in total. The Bertz CT molecular complexity index is 624. The van der Waals surface area contributed by atoms with Crippen molar-refractivity contribution >= 4 is 11.6 Å². The zero-order chi connectivity index (χ0) is 14.8. The Morgan fingerprint density at radius 3 is 2.24 bits per heavy atom. The van der Waals surface area contributed by atoms with Crippen LogP contribution >= 0.6 is 0 Å². The van der Waals surface area contributed by atoms with Crippen molar-refractivity contribution < 1.29 is 4.79 Å². The second-order valence-electron chi connectivity index (χ2n) is 5.77. The molecule has 1 atom stereocenters. The van der Waals surface area contributed by atoms with E-state index in [2.05, 4.69) is 17.4 Å². The first-order valence-corrected chi connectivity index (χ1v) is 7.36. The highest BCUT2D eigenvalue weighted by Crippen LogP contribution is 2.27. The van der Waals surface area contributed by atoms with E-state index < -0.39 is 0 Å². The molecule has 0 spiro atoms. The molecular weight excluding hydrogens is 260 g/mol. The van der Waals surface area contributed by atoms with Crippen LogP contribution in [0.15, 0.2) is 48.5 Å². The van der Waals surface area contributed by atoms with Crippen LogP contribution in [0, 0.1) is 5.92 Å². The fourth-order valence-corrected chi connectivity index (χ4v) is 2.94. The van der Waals surface area contributed by atoms with Gasteiger partial charge in [0.25, 0.3) is 0 Å². The predicted molar refractivity (Wildman–Crippen MR) is 84.8 cm³/mol. The van der Waals surface area contributed by atoms with Crippen LogP contribution in [0.25, 0.3) is 0 Å². The zero-order valence-electron chi connectivity index (χ0n) is 12.2. The summed E-state index contributed by atoms with van der Waals surface area (Å²) < 4.78 is 0. The van der Waals surface area contributed by atoms with Crippen molar-refractivity contribution in [1.82, 2.24) is 5.32 Å². The van der Waals surface area contributed by atoms with Gasteiger partial charge in [-0.1, -0.05) is 36.4 Å². The molecule has 0 fully saturated rings. The predicted octanol–water partition coefficient (Wildman–Crippen LogP) is 2.86. The standard InChI is InChI=1S/C18H20N2O/c1-12(13-6-8-17(19)9-7-13)20-18(21)16-10-14-4-2-3-5-15(14)11-16/h2-9,12,16H,10-11,19H2,1H3,(H,20,21). The lowest BCUT2D eigenvalue weighted by Crippen LogP contribution is -2.33. The fraction of sp³-hybridized carbons (Fsp3) is 0.278. The highest BCUT2D eigenvalue weighted by atomic mass is 16.1. The van der Waals surface area contributed by atoms with Gasteiger partial charge in [0.15, 0.2) is 0 Å². The van der Waals surface area contributed by atoms with Crippen LogP contribution in [0.2, 0.25) is 0 Å². The van der Waals surface area contributed by atoms with Crippen molar-refractivity contribution in [2.45, 2.75) is 25.8 Å². The first-order chi connectivity index (χ1) is 10.1. The number of amides is 1. The molecule has 0 saturated heterocycles. The molecule has 2 aromatic rings. The van der Waals surface area contributed by atoms with Crippen LogP contribution in [0.3, 0.4) is 0 Å². The van der Waals surface area contributed by atoms with Crippen molar-refractivity contribution in [3.63, 3.8) is 0 Å². The second kappa shape index (κ2) is 5.60. The van der Waals surface area contributed by atoms with Crippen LogP contribution < -0.4 is 11.1 Å². The SMILES string of the molecule is CC(NC(=O)C1Cc2ccccc2C1)c1ccc(N)cc1. The van der Waals surface area contributed by atoms with E-state index in [0.717, 1.165) is 24.1 Å². The van der Waals surface area contributed by atoms with Crippen LogP contribution in [0.4, 0.5) is 5.69 Å². The van der Waals surface area contributed by atoms with Crippen LogP contribution in [-0.4, -0.2) is 5.91 Å². The molecule has 3 rings (SSSR count). The van der Waals surface area contributed by atoms with Gasteiger partial charge in [-0.2, -0.15) is 0 Å². The Labute approximate surface area is 125 Å². The molecule has 3 heteroatoms. The number of benzene rings is 2. The van der Waals surface area contributed by atoms with Crippen LogP contribution in [-0.2, 0) is 17.6 Å². The number of carbonyl (C=O) groups excluding carboxylic acids is 1. The fourth-order valence-electron chi connectivity index (χ4n) is 2.94. The van der Waals surface area contributed by atoms with Crippen LogP contribution in [0.5, 0.6) is 0 Å². The normalized spacial score (nSPS) is 15.5. The smallest absolute Gasteiger partial charge is 0.224 e. The average molecular weight is 280 g/mol. The molecule has 1 aliphatic carbocycles. The maximum Gasteiger partial charge on any atom is 0.224 e. The third-order valence-corrected chi connectivity index (χ3v) is 4.22. The van der Waals surface area contributed by atoms with Gasteiger partial charge < -0.3 is 11.1 Å². The molecule has 1 amide bonds. The van der Waals surface area contributed by atoms with Gasteiger partial charge in [0.05, 0.1) is 6.04 Å². The first kappa shape index (κ1) is 13.7. The summed E-state index contributed by atoms with van der Waals surface area (Å²) in [6, 6.07) is 16.0. The Morgan fingerprint density at radius 1 is 1.10 bits per heavy atom. The minimum absolute atomic E-state index is 0.00168. The molecule has 1 aliphatic rings. The molecular formula is C18H20N2O. The van der Waals surface area contributed by atoms with Gasteiger partial charge in [-0.25, -0.2) is 0 Å². The highest BCUT2D eigenvalue weighted by Gasteiger charge is 2.27. The number of hydrogen-bond donors (Lipinski definition) is 2. The highest BCUT2D eigenvalue weighted by molar-refractivity contribution is 5.80. The molecule has 0 aliphatic heterocycles. The summed E-state index contributed by atoms with van der Waals surface area (Å²) in [7, 11) is 0. The van der Waals surface area contributed by atoms with E-state index in [-0.39, 0.29) is 17.9 Å². The molecule has 0 radical (unpaired) electrons. The van der Waals surface area contributed by atoms with E-state index in [0.29, 0.717) is 0 Å². The van der Waals surface area contributed by atoms with Gasteiger partial charge in [-0.05, 0) is 48.6 Å². The summed E-state index contributed by atoms with van der Waals surface area (Å²) in [4.78, 5) is 12.4. The molecule has 3 nitrogen and oxygen atoms in total. The van der Waals surface area contributed by atoms with Gasteiger partial charge in [-0.3, -0.25) is 4.79 Å². The van der Waals surface area contributed by atoms with E-state index in [1.54, 1.807) is 0 Å². The van der Waals surface area contributed by atoms with Crippen molar-refractivity contribution in [2.24, 2.45) is 5.92 Å². The summed E-state index contributed by atoms with van der Waals surface area (Å²) in [6.07, 6.45) is 1.69. The number of anilines is 1. The zero-order valence-corrected chi connectivity index (χ0v) is 12.2. The molecule has 0 aromatic heterocycles. The lowest BCUT2D eigenvalue weighted by atomic mass is 10.0. The number of fused-ring (bicyclic) bond motifs is 1. The largest absolute Gasteiger partial charge is 0.399 e. The van der Waals surface area contributed by atoms with E-state index in [1.807, 2.05) is 43.3 Å². The second-order valence-corrected chi connectivity index (χ2v) is 5.77. The molecule has 1 unspecified atom stereocenters. The molecule has 21 heavy (non-hydrogen) atoms. The average Bonchev–Trinajstić information content (AvgIpc) is 2.92. The first-order valence-electron chi connectivity index (χ1n) is 7.36. The van der Waals surface area contributed by atoms with E-state index in [4.69, 9.17) is 5.73 Å². The van der Waals surface area contributed by atoms with Crippen molar-refractivity contribution in [1.29, 1.82) is 0 Å². The summed E-state index contributed by atoms with van der Waals surface area (Å²) in [5.74, 6) is 0.189. The minimum atomic E-state index is 0.00168. The Balaban J connectivity index is 1.64. The topological polar surface area (TPSA) is 55.1 Å². The van der Waals surface area contributed by atoms with Crippen molar-refractivity contribution in [3.05, 3.63) is 65.2 Å². The minimum Gasteiger partial charge on any atom is -0.399 e. The van der Waals surface area contributed by atoms with Crippen molar-refractivity contribution in [2.75, 3.05) is 5.73 Å². The Morgan fingerprint density at radius 2 is 1.67 bits per heavy atom. The number of rotatable bonds is 3. The molecule has 0 bridgehead atoms. The number of hydrogen-bond acceptors (Lipinski definition) is 2. The third-order valence-electron chi connectivity index (χ3n) is 4.22. The lowest BCUT2D eigenvalue weighted by Gasteiger charge is -2.17. The Kier molecular flexibility index (Phi) is 3.65. The van der Waals surface area contributed by atoms with Gasteiger partial charge in [0.2, 0.25) is 5.91 Å². The quantitative estimate of drug-likeness (QED) is 0.849. The maximum absolute atomic E-state index is 12.4. The summed E-state index contributed by atoms with van der Waals surface area (Å²) in [6.45, 7) is 2.01. The summed E-state index contributed by atoms with van der Waals surface area (Å²) >= 11 is 0. The molecule has 2 aromatic carbocycles. The summed E-state index contributed by atoms with van der Waals surface area (Å²) in [5.41, 5.74) is 10.1. The number of nitrogen functional groups attached to an aromatic ring is 1. The van der Waals surface area contributed by atoms with Crippen molar-refractivity contribution in [3.8, 4) is 0 Å². The third kappa shape index (κ3) is 2.92. The number of carbonyl (C=O) groups is 1. The van der Waals surface area contributed by atoms with Gasteiger partial charge >= 0.3 is 0 Å². The summed E-state index contributed by atoms with van der Waals surface area (Å²) in [5, 5.41) is 3.11. The molecule has 0 heterocycles. The Hall–Kier alpha value is -2.29. The number of nitrogens with one attached hydrogen (secondary N) is 1.